The number of aryl methyl sites for hydroxylation is 2. The van der Waals surface area contributed by atoms with Crippen molar-refractivity contribution in [3.05, 3.63) is 81.8 Å². The van der Waals surface area contributed by atoms with E-state index >= 15 is 0 Å². The van der Waals surface area contributed by atoms with Gasteiger partial charge in [0.15, 0.2) is 5.82 Å². The fourth-order valence-electron chi connectivity index (χ4n) is 3.69. The molecule has 0 amide bonds. The maximum Gasteiger partial charge on any atom is 0.273 e. The van der Waals surface area contributed by atoms with Crippen LogP contribution in [0.15, 0.2) is 53.6 Å². The second kappa shape index (κ2) is 8.31. The molecule has 1 aromatic carbocycles. The Kier molecular flexibility index (Phi) is 5.65. The first-order chi connectivity index (χ1) is 15.6. The van der Waals surface area contributed by atoms with E-state index in [2.05, 4.69) is 20.5 Å². The molecule has 0 bridgehead atoms. The summed E-state index contributed by atoms with van der Waals surface area (Å²) in [6, 6.07) is 8.23. The number of rotatable bonds is 5. The summed E-state index contributed by atoms with van der Waals surface area (Å²) in [7, 11) is 1.65. The molecular weight excluding hydrogens is 431 g/mol. The van der Waals surface area contributed by atoms with Crippen LogP contribution in [0.3, 0.4) is 0 Å². The number of nitrogens with one attached hydrogen (secondary N) is 1. The third kappa shape index (κ3) is 4.30. The Morgan fingerprint density at radius 2 is 1.88 bits per heavy atom. The molecule has 1 atom stereocenters. The number of alkyl halides is 2. The van der Waals surface area contributed by atoms with Crippen molar-refractivity contribution in [3.63, 3.8) is 0 Å². The summed E-state index contributed by atoms with van der Waals surface area (Å²) in [5.74, 6) is -3.89. The molecule has 0 saturated heterocycles. The predicted molar refractivity (Wildman–Crippen MR) is 121 cm³/mol. The molecule has 0 aliphatic heterocycles. The standard InChI is InChI=1S/C24H22F3N5O/c1-13(16-6-5-7-19(22(16)25)24(3,26)27)29-23-17-10-20(15-8-9-21(33)32(4)12-15)28-11-18(17)14(2)30-31-23/h5-13H,1-4H3,(H,29,31)/t13-/m1/s1. The molecule has 0 spiro atoms. The molecular formula is C24H22F3N5O. The molecule has 4 aromatic rings. The minimum atomic E-state index is -3.30. The van der Waals surface area contributed by atoms with Crippen LogP contribution in [-0.2, 0) is 13.0 Å². The van der Waals surface area contributed by atoms with E-state index in [0.29, 0.717) is 29.5 Å². The monoisotopic (exact) mass is 453 g/mol. The topological polar surface area (TPSA) is 72.7 Å². The minimum absolute atomic E-state index is 0.0943. The first kappa shape index (κ1) is 22.4. The molecule has 3 heterocycles. The van der Waals surface area contributed by atoms with Crippen LogP contribution >= 0.6 is 0 Å². The van der Waals surface area contributed by atoms with Crippen LogP contribution in [0.4, 0.5) is 19.0 Å². The van der Waals surface area contributed by atoms with E-state index in [-0.39, 0.29) is 11.1 Å². The lowest BCUT2D eigenvalue weighted by molar-refractivity contribution is 0.0136. The Balaban J connectivity index is 1.77. The maximum absolute atomic E-state index is 14.9. The lowest BCUT2D eigenvalue weighted by Gasteiger charge is -2.20. The van der Waals surface area contributed by atoms with Crippen molar-refractivity contribution in [2.24, 2.45) is 7.05 Å². The minimum Gasteiger partial charge on any atom is -0.361 e. The first-order valence-corrected chi connectivity index (χ1v) is 10.3. The highest BCUT2D eigenvalue weighted by Crippen LogP contribution is 2.34. The molecule has 4 rings (SSSR count). The van der Waals surface area contributed by atoms with Crippen LogP contribution in [0, 0.1) is 12.7 Å². The lowest BCUT2D eigenvalue weighted by Crippen LogP contribution is -2.16. The van der Waals surface area contributed by atoms with Crippen LogP contribution in [-0.4, -0.2) is 19.7 Å². The second-order valence-corrected chi connectivity index (χ2v) is 8.08. The zero-order valence-electron chi connectivity index (χ0n) is 18.5. The number of hydrogen-bond donors (Lipinski definition) is 1. The number of benzene rings is 1. The Morgan fingerprint density at radius 1 is 1.12 bits per heavy atom. The number of anilines is 1. The predicted octanol–water partition coefficient (Wildman–Crippen LogP) is 5.12. The van der Waals surface area contributed by atoms with Gasteiger partial charge in [0, 0.05) is 54.3 Å². The fourth-order valence-corrected chi connectivity index (χ4v) is 3.69. The SMILES string of the molecule is Cc1nnc(N[C@H](C)c2cccc(C(C)(F)F)c2F)c2cc(-c3ccc(=O)n(C)c3)ncc12. The summed E-state index contributed by atoms with van der Waals surface area (Å²) in [6.07, 6.45) is 3.34. The van der Waals surface area contributed by atoms with Crippen molar-refractivity contribution in [1.29, 1.82) is 0 Å². The molecule has 3 aromatic heterocycles. The third-order valence-electron chi connectivity index (χ3n) is 5.55. The van der Waals surface area contributed by atoms with Gasteiger partial charge in [0.1, 0.15) is 5.82 Å². The van der Waals surface area contributed by atoms with Crippen molar-refractivity contribution in [2.45, 2.75) is 32.7 Å². The second-order valence-electron chi connectivity index (χ2n) is 8.08. The largest absolute Gasteiger partial charge is 0.361 e. The molecule has 9 heteroatoms. The Labute approximate surface area is 188 Å². The summed E-state index contributed by atoms with van der Waals surface area (Å²) < 4.78 is 43.9. The van der Waals surface area contributed by atoms with Crippen molar-refractivity contribution >= 4 is 16.6 Å². The summed E-state index contributed by atoms with van der Waals surface area (Å²) in [5.41, 5.74) is 1.30. The number of halogens is 3. The van der Waals surface area contributed by atoms with E-state index in [1.807, 2.05) is 0 Å². The van der Waals surface area contributed by atoms with Crippen molar-refractivity contribution < 1.29 is 13.2 Å². The van der Waals surface area contributed by atoms with Gasteiger partial charge in [0.2, 0.25) is 5.56 Å². The number of nitrogens with zero attached hydrogens (tertiary/aromatic N) is 4. The summed E-state index contributed by atoms with van der Waals surface area (Å²) in [6.45, 7) is 4.13. The summed E-state index contributed by atoms with van der Waals surface area (Å²) in [5, 5.41) is 12.9. The van der Waals surface area contributed by atoms with Crippen LogP contribution in [0.5, 0.6) is 0 Å². The molecule has 170 valence electrons. The maximum atomic E-state index is 14.9. The first-order valence-electron chi connectivity index (χ1n) is 10.3. The highest BCUT2D eigenvalue weighted by atomic mass is 19.3. The normalized spacial score (nSPS) is 12.7. The number of pyridine rings is 2. The number of hydrogen-bond acceptors (Lipinski definition) is 5. The molecule has 0 fully saturated rings. The molecule has 0 saturated carbocycles. The molecule has 0 aliphatic carbocycles. The number of fused-ring (bicyclic) bond motifs is 1. The van der Waals surface area contributed by atoms with E-state index in [1.165, 1.54) is 22.8 Å². The zero-order valence-corrected chi connectivity index (χ0v) is 18.5. The van der Waals surface area contributed by atoms with Gasteiger partial charge in [-0.1, -0.05) is 18.2 Å². The molecule has 0 unspecified atom stereocenters. The van der Waals surface area contributed by atoms with Gasteiger partial charge in [-0.2, -0.15) is 5.10 Å². The zero-order chi connectivity index (χ0) is 23.9. The Bertz CT molecular complexity index is 1410. The smallest absolute Gasteiger partial charge is 0.273 e. The quantitative estimate of drug-likeness (QED) is 0.454. The Morgan fingerprint density at radius 3 is 2.58 bits per heavy atom. The van der Waals surface area contributed by atoms with E-state index in [0.717, 1.165) is 17.0 Å². The van der Waals surface area contributed by atoms with Crippen LogP contribution in [0.25, 0.3) is 22.0 Å². The fraction of sp³-hybridized carbons (Fsp3) is 0.250. The van der Waals surface area contributed by atoms with Gasteiger partial charge in [-0.05, 0) is 26.0 Å². The molecule has 0 radical (unpaired) electrons. The summed E-state index contributed by atoms with van der Waals surface area (Å²) >= 11 is 0. The lowest BCUT2D eigenvalue weighted by atomic mass is 10.0. The molecule has 6 nitrogen and oxygen atoms in total. The van der Waals surface area contributed by atoms with Crippen LogP contribution in [0.1, 0.15) is 36.7 Å². The average molecular weight is 453 g/mol. The number of aromatic nitrogens is 4. The van der Waals surface area contributed by atoms with Crippen molar-refractivity contribution in [3.8, 4) is 11.3 Å². The van der Waals surface area contributed by atoms with E-state index < -0.39 is 23.3 Å². The van der Waals surface area contributed by atoms with Gasteiger partial charge in [-0.15, -0.1) is 5.10 Å². The van der Waals surface area contributed by atoms with Gasteiger partial charge < -0.3 is 9.88 Å². The van der Waals surface area contributed by atoms with Crippen molar-refractivity contribution in [1.82, 2.24) is 19.7 Å². The average Bonchev–Trinajstić information content (AvgIpc) is 2.76. The van der Waals surface area contributed by atoms with Gasteiger partial charge >= 0.3 is 0 Å². The van der Waals surface area contributed by atoms with Crippen LogP contribution in [0.2, 0.25) is 0 Å². The van der Waals surface area contributed by atoms with Gasteiger partial charge in [-0.3, -0.25) is 9.78 Å². The summed E-state index contributed by atoms with van der Waals surface area (Å²) in [4.78, 5) is 16.2. The Hall–Kier alpha value is -3.75. The molecule has 33 heavy (non-hydrogen) atoms. The van der Waals surface area contributed by atoms with Crippen molar-refractivity contribution in [2.75, 3.05) is 5.32 Å². The molecule has 1 N–H and O–H groups in total. The van der Waals surface area contributed by atoms with Crippen LogP contribution < -0.4 is 10.9 Å². The van der Waals surface area contributed by atoms with E-state index in [1.54, 1.807) is 45.4 Å². The molecule has 0 aliphatic rings. The van der Waals surface area contributed by atoms with E-state index in [9.17, 15) is 18.0 Å². The van der Waals surface area contributed by atoms with Gasteiger partial charge in [-0.25, -0.2) is 13.2 Å². The van der Waals surface area contributed by atoms with Gasteiger partial charge in [0.25, 0.3) is 5.92 Å². The highest BCUT2D eigenvalue weighted by Gasteiger charge is 2.30. The van der Waals surface area contributed by atoms with Gasteiger partial charge in [0.05, 0.1) is 23.0 Å². The third-order valence-corrected chi connectivity index (χ3v) is 5.55. The highest BCUT2D eigenvalue weighted by molar-refractivity contribution is 5.94. The van der Waals surface area contributed by atoms with E-state index in [4.69, 9.17) is 0 Å².